The largest absolute Gasteiger partial charge is 0.507 e. The van der Waals surface area contributed by atoms with Crippen LogP contribution in [0.5, 0.6) is 17.2 Å². The minimum atomic E-state index is -0.991. The van der Waals surface area contributed by atoms with Gasteiger partial charge < -0.3 is 19.7 Å². The monoisotopic (exact) mass is 528 g/mol. The number of carbonyl (C=O) groups excluding carboxylic acids is 2. The number of benzene rings is 3. The molecule has 2 atom stereocenters. The molecule has 0 aliphatic carbocycles. The first kappa shape index (κ1) is 24.0. The predicted octanol–water partition coefficient (Wildman–Crippen LogP) is 5.27. The molecule has 2 unspecified atom stereocenters. The van der Waals surface area contributed by atoms with Crippen LogP contribution < -0.4 is 14.4 Å². The number of aliphatic hydroxyl groups is 1. The fourth-order valence-corrected chi connectivity index (χ4v) is 6.15. The standard InChI is InChI=1S/C29H24N2O6S/c1-14-4-7-19-23(10-14)38-29(30-19)31-25(16-5-8-20(32)22(13-16)36-3)24(27(34)28(31)35)26(33)17-6-9-21-18(12-17)11-15(2)37-21/h4-10,12-13,15,25,32-33H,11H2,1-3H3/b26-24+. The van der Waals surface area contributed by atoms with Crippen LogP contribution >= 0.6 is 11.3 Å². The molecule has 0 radical (unpaired) electrons. The SMILES string of the molecule is COc1cc(C2/C(=C(\O)c3ccc4c(c3)CC(C)O4)C(=O)C(=O)N2c2nc3ccc(C)cc3s2)ccc1O. The Morgan fingerprint density at radius 3 is 2.74 bits per heavy atom. The molecule has 1 fully saturated rings. The Bertz CT molecular complexity index is 1670. The summed E-state index contributed by atoms with van der Waals surface area (Å²) in [5.74, 6) is -1.08. The van der Waals surface area contributed by atoms with Crippen LogP contribution in [0.3, 0.4) is 0 Å². The number of ether oxygens (including phenoxy) is 2. The van der Waals surface area contributed by atoms with E-state index >= 15 is 0 Å². The number of aliphatic hydroxyl groups excluding tert-OH is 1. The van der Waals surface area contributed by atoms with Crippen molar-refractivity contribution < 1.29 is 29.3 Å². The number of aromatic nitrogens is 1. The van der Waals surface area contributed by atoms with E-state index in [0.717, 1.165) is 21.6 Å². The first-order valence-electron chi connectivity index (χ1n) is 12.1. The Hall–Kier alpha value is -4.37. The summed E-state index contributed by atoms with van der Waals surface area (Å²) in [6, 6.07) is 14.6. The van der Waals surface area contributed by atoms with Gasteiger partial charge in [-0.25, -0.2) is 4.98 Å². The van der Waals surface area contributed by atoms with Crippen LogP contribution in [0.4, 0.5) is 5.13 Å². The topological polar surface area (TPSA) is 109 Å². The molecule has 3 heterocycles. The second-order valence-electron chi connectivity index (χ2n) is 9.52. The number of hydrogen-bond acceptors (Lipinski definition) is 8. The van der Waals surface area contributed by atoms with Gasteiger partial charge >= 0.3 is 5.91 Å². The molecular formula is C29H24N2O6S. The van der Waals surface area contributed by atoms with E-state index in [1.165, 1.54) is 29.4 Å². The van der Waals surface area contributed by atoms with Crippen molar-refractivity contribution in [3.05, 3.63) is 82.4 Å². The van der Waals surface area contributed by atoms with Crippen LogP contribution in [0.2, 0.25) is 0 Å². The molecule has 1 saturated heterocycles. The molecule has 4 aromatic rings. The lowest BCUT2D eigenvalue weighted by Gasteiger charge is -2.23. The van der Waals surface area contributed by atoms with Crippen molar-refractivity contribution in [3.8, 4) is 17.2 Å². The smallest absolute Gasteiger partial charge is 0.301 e. The van der Waals surface area contributed by atoms with Crippen LogP contribution in [0.15, 0.2) is 60.2 Å². The number of rotatable bonds is 4. The van der Waals surface area contributed by atoms with Gasteiger partial charge in [-0.05, 0) is 73.0 Å². The molecule has 0 spiro atoms. The molecule has 2 aliphatic heterocycles. The maximum Gasteiger partial charge on any atom is 0.301 e. The number of Topliss-reactive ketones (excluding diaryl/α,β-unsaturated/α-hetero) is 1. The molecule has 0 bridgehead atoms. The van der Waals surface area contributed by atoms with Gasteiger partial charge in [-0.2, -0.15) is 0 Å². The third kappa shape index (κ3) is 3.78. The summed E-state index contributed by atoms with van der Waals surface area (Å²) in [5.41, 5.74) is 3.49. The second-order valence-corrected chi connectivity index (χ2v) is 10.5. The Morgan fingerprint density at radius 2 is 1.95 bits per heavy atom. The number of phenolic OH excluding ortho intramolecular Hbond substituents is 1. The van der Waals surface area contributed by atoms with E-state index in [4.69, 9.17) is 9.47 Å². The first-order valence-corrected chi connectivity index (χ1v) is 12.9. The molecule has 2 aliphatic rings. The number of anilines is 1. The molecule has 2 N–H and O–H groups in total. The van der Waals surface area contributed by atoms with Gasteiger partial charge in [-0.1, -0.05) is 23.5 Å². The summed E-state index contributed by atoms with van der Waals surface area (Å²) in [4.78, 5) is 33.0. The van der Waals surface area contributed by atoms with Gasteiger partial charge in [0.2, 0.25) is 0 Å². The zero-order valence-corrected chi connectivity index (χ0v) is 21.7. The van der Waals surface area contributed by atoms with Gasteiger partial charge in [-0.15, -0.1) is 0 Å². The summed E-state index contributed by atoms with van der Waals surface area (Å²) in [6.07, 6.45) is 0.689. The van der Waals surface area contributed by atoms with E-state index in [1.54, 1.807) is 30.3 Å². The number of amides is 1. The van der Waals surface area contributed by atoms with Gasteiger partial charge in [0.15, 0.2) is 16.6 Å². The zero-order valence-electron chi connectivity index (χ0n) is 20.9. The highest BCUT2D eigenvalue weighted by molar-refractivity contribution is 7.22. The van der Waals surface area contributed by atoms with E-state index in [0.29, 0.717) is 28.2 Å². The average Bonchev–Trinajstić information content (AvgIpc) is 3.56. The minimum Gasteiger partial charge on any atom is -0.507 e. The van der Waals surface area contributed by atoms with Crippen molar-refractivity contribution in [1.82, 2.24) is 4.98 Å². The predicted molar refractivity (Wildman–Crippen MR) is 144 cm³/mol. The molecule has 8 nitrogen and oxygen atoms in total. The second kappa shape index (κ2) is 8.88. The summed E-state index contributed by atoms with van der Waals surface area (Å²) < 4.78 is 11.9. The number of aryl methyl sites for hydroxylation is 1. The van der Waals surface area contributed by atoms with Crippen molar-refractivity contribution in [1.29, 1.82) is 0 Å². The number of nitrogens with zero attached hydrogens (tertiary/aromatic N) is 2. The number of methoxy groups -OCH3 is 1. The lowest BCUT2D eigenvalue weighted by atomic mass is 9.94. The molecule has 6 rings (SSSR count). The molecule has 0 saturated carbocycles. The molecule has 192 valence electrons. The third-order valence-electron chi connectivity index (χ3n) is 6.87. The Morgan fingerprint density at radius 1 is 1.13 bits per heavy atom. The van der Waals surface area contributed by atoms with Crippen molar-refractivity contribution >= 4 is 44.1 Å². The van der Waals surface area contributed by atoms with Crippen molar-refractivity contribution in [3.63, 3.8) is 0 Å². The number of phenols is 1. The van der Waals surface area contributed by atoms with E-state index in [1.807, 2.05) is 32.0 Å². The Labute approximate surface area is 222 Å². The fourth-order valence-electron chi connectivity index (χ4n) is 5.06. The average molecular weight is 529 g/mol. The lowest BCUT2D eigenvalue weighted by molar-refractivity contribution is -0.132. The fraction of sp³-hybridized carbons (Fsp3) is 0.207. The maximum absolute atomic E-state index is 13.5. The number of fused-ring (bicyclic) bond motifs is 2. The van der Waals surface area contributed by atoms with Crippen LogP contribution in [0.25, 0.3) is 16.0 Å². The number of hydrogen-bond donors (Lipinski definition) is 2. The van der Waals surface area contributed by atoms with Gasteiger partial charge in [0, 0.05) is 12.0 Å². The molecule has 1 amide bonds. The van der Waals surface area contributed by atoms with Crippen LogP contribution in [0.1, 0.15) is 35.2 Å². The van der Waals surface area contributed by atoms with Gasteiger partial charge in [0.1, 0.15) is 17.6 Å². The number of ketones is 1. The van der Waals surface area contributed by atoms with Gasteiger partial charge in [0.25, 0.3) is 5.78 Å². The van der Waals surface area contributed by atoms with Crippen LogP contribution in [-0.4, -0.2) is 40.1 Å². The Kier molecular flexibility index (Phi) is 5.61. The summed E-state index contributed by atoms with van der Waals surface area (Å²) in [7, 11) is 1.42. The highest BCUT2D eigenvalue weighted by Crippen LogP contribution is 2.46. The van der Waals surface area contributed by atoms with E-state index in [-0.39, 0.29) is 28.9 Å². The van der Waals surface area contributed by atoms with E-state index in [2.05, 4.69) is 4.98 Å². The number of carbonyl (C=O) groups is 2. The summed E-state index contributed by atoms with van der Waals surface area (Å²) >= 11 is 1.29. The van der Waals surface area contributed by atoms with Crippen LogP contribution in [0, 0.1) is 6.92 Å². The lowest BCUT2D eigenvalue weighted by Crippen LogP contribution is -2.29. The molecule has 3 aromatic carbocycles. The zero-order chi connectivity index (χ0) is 26.7. The van der Waals surface area contributed by atoms with Crippen molar-refractivity contribution in [2.24, 2.45) is 0 Å². The minimum absolute atomic E-state index is 0.0140. The van der Waals surface area contributed by atoms with Crippen LogP contribution in [-0.2, 0) is 16.0 Å². The van der Waals surface area contributed by atoms with E-state index in [9.17, 15) is 19.8 Å². The number of thiazole rings is 1. The third-order valence-corrected chi connectivity index (χ3v) is 7.89. The number of aromatic hydroxyl groups is 1. The Balaban J connectivity index is 1.55. The summed E-state index contributed by atoms with van der Waals surface area (Å²) in [5, 5.41) is 22.0. The molecule has 9 heteroatoms. The van der Waals surface area contributed by atoms with Gasteiger partial charge in [0.05, 0.1) is 28.9 Å². The highest BCUT2D eigenvalue weighted by atomic mass is 32.1. The quantitative estimate of drug-likeness (QED) is 0.211. The highest BCUT2D eigenvalue weighted by Gasteiger charge is 2.48. The molecule has 38 heavy (non-hydrogen) atoms. The first-order chi connectivity index (χ1) is 18.2. The maximum atomic E-state index is 13.5. The van der Waals surface area contributed by atoms with Crippen molar-refractivity contribution in [2.75, 3.05) is 12.0 Å². The molecule has 1 aromatic heterocycles. The normalized spacial score (nSPS) is 20.1. The van der Waals surface area contributed by atoms with Gasteiger partial charge in [-0.3, -0.25) is 14.5 Å². The molecular weight excluding hydrogens is 504 g/mol. The summed E-state index contributed by atoms with van der Waals surface area (Å²) in [6.45, 7) is 3.93. The van der Waals surface area contributed by atoms with Crippen molar-refractivity contribution in [2.45, 2.75) is 32.4 Å². The van der Waals surface area contributed by atoms with E-state index < -0.39 is 17.7 Å².